The summed E-state index contributed by atoms with van der Waals surface area (Å²) in [4.78, 5) is 39.5. The van der Waals surface area contributed by atoms with Crippen LogP contribution in [0.25, 0.3) is 11.3 Å². The molecular formula is C20H16N2O4S. The Hall–Kier alpha value is -3.32. The monoisotopic (exact) mass is 380 g/mol. The van der Waals surface area contributed by atoms with Gasteiger partial charge in [0.15, 0.2) is 10.9 Å². The Kier molecular flexibility index (Phi) is 5.42. The Morgan fingerprint density at radius 3 is 2.11 bits per heavy atom. The zero-order valence-electron chi connectivity index (χ0n) is 14.7. The van der Waals surface area contributed by atoms with Crippen LogP contribution < -0.4 is 5.32 Å². The summed E-state index contributed by atoms with van der Waals surface area (Å²) in [6.45, 7) is 1.48. The predicted octanol–water partition coefficient (Wildman–Crippen LogP) is 4.05. The van der Waals surface area contributed by atoms with E-state index in [0.29, 0.717) is 27.5 Å². The molecule has 0 saturated carbocycles. The van der Waals surface area contributed by atoms with Gasteiger partial charge in [-0.1, -0.05) is 24.3 Å². The SMILES string of the molecule is COC(=O)c1ccc(-c2csc(NC(=O)c3ccc(C(C)=O)cc3)n2)cc1. The van der Waals surface area contributed by atoms with Crippen LogP contribution in [0.2, 0.25) is 0 Å². The lowest BCUT2D eigenvalue weighted by Crippen LogP contribution is -2.11. The molecule has 0 aliphatic rings. The average molecular weight is 380 g/mol. The molecule has 0 aliphatic heterocycles. The van der Waals surface area contributed by atoms with Crippen LogP contribution >= 0.6 is 11.3 Å². The fraction of sp³-hybridized carbons (Fsp3) is 0.100. The zero-order chi connectivity index (χ0) is 19.4. The number of Topliss-reactive ketones (excluding diaryl/α,β-unsaturated/α-hetero) is 1. The molecule has 136 valence electrons. The van der Waals surface area contributed by atoms with Crippen LogP contribution in [0.3, 0.4) is 0 Å². The molecule has 1 aromatic heterocycles. The van der Waals surface area contributed by atoms with E-state index in [-0.39, 0.29) is 11.7 Å². The molecule has 27 heavy (non-hydrogen) atoms. The molecule has 0 bridgehead atoms. The first-order valence-corrected chi connectivity index (χ1v) is 8.92. The normalized spacial score (nSPS) is 10.3. The fourth-order valence-electron chi connectivity index (χ4n) is 2.38. The Morgan fingerprint density at radius 2 is 1.52 bits per heavy atom. The van der Waals surface area contributed by atoms with E-state index in [1.807, 2.05) is 5.38 Å². The second-order valence-corrected chi connectivity index (χ2v) is 6.55. The van der Waals surface area contributed by atoms with E-state index in [0.717, 1.165) is 5.56 Å². The Balaban J connectivity index is 1.71. The van der Waals surface area contributed by atoms with Gasteiger partial charge in [0.05, 0.1) is 18.4 Å². The standard InChI is InChI=1S/C20H16N2O4S/c1-12(23)13-3-7-15(8-4-13)18(24)22-20-21-17(11-27-20)14-5-9-16(10-6-14)19(25)26-2/h3-11H,1-2H3,(H,21,22,24). The van der Waals surface area contributed by atoms with Crippen molar-refractivity contribution in [3.63, 3.8) is 0 Å². The van der Waals surface area contributed by atoms with Crippen LogP contribution in [0, 0.1) is 0 Å². The van der Waals surface area contributed by atoms with Crippen LogP contribution in [0.5, 0.6) is 0 Å². The van der Waals surface area contributed by atoms with Crippen molar-refractivity contribution in [2.24, 2.45) is 0 Å². The summed E-state index contributed by atoms with van der Waals surface area (Å²) in [6.07, 6.45) is 0. The van der Waals surface area contributed by atoms with Crippen LogP contribution in [0.15, 0.2) is 53.9 Å². The molecule has 0 fully saturated rings. The Labute approximate surface area is 159 Å². The molecule has 3 rings (SSSR count). The number of aromatic nitrogens is 1. The van der Waals surface area contributed by atoms with Crippen molar-refractivity contribution < 1.29 is 19.1 Å². The van der Waals surface area contributed by atoms with Crippen LogP contribution in [-0.2, 0) is 4.74 Å². The summed E-state index contributed by atoms with van der Waals surface area (Å²) in [6, 6.07) is 13.3. The van der Waals surface area contributed by atoms with Gasteiger partial charge in [0.1, 0.15) is 0 Å². The number of hydrogen-bond donors (Lipinski definition) is 1. The summed E-state index contributed by atoms with van der Waals surface area (Å²) in [5.41, 5.74) is 2.97. The van der Waals surface area contributed by atoms with Gasteiger partial charge in [-0.15, -0.1) is 11.3 Å². The number of ketones is 1. The number of carbonyl (C=O) groups is 3. The van der Waals surface area contributed by atoms with Gasteiger partial charge in [-0.2, -0.15) is 0 Å². The van der Waals surface area contributed by atoms with Crippen LogP contribution in [0.4, 0.5) is 5.13 Å². The second kappa shape index (κ2) is 7.92. The van der Waals surface area contributed by atoms with Gasteiger partial charge in [-0.3, -0.25) is 14.9 Å². The summed E-state index contributed by atoms with van der Waals surface area (Å²) < 4.78 is 4.67. The molecule has 3 aromatic rings. The number of carbonyl (C=O) groups excluding carboxylic acids is 3. The van der Waals surface area contributed by atoms with Gasteiger partial charge in [0, 0.05) is 22.1 Å². The topological polar surface area (TPSA) is 85.4 Å². The van der Waals surface area contributed by atoms with Gasteiger partial charge in [0.25, 0.3) is 5.91 Å². The molecule has 0 unspecified atom stereocenters. The quantitative estimate of drug-likeness (QED) is 0.533. The highest BCUT2D eigenvalue weighted by atomic mass is 32.1. The first-order chi connectivity index (χ1) is 13.0. The van der Waals surface area contributed by atoms with E-state index < -0.39 is 5.97 Å². The number of hydrogen-bond acceptors (Lipinski definition) is 6. The third-order valence-corrected chi connectivity index (χ3v) is 4.64. The molecule has 1 N–H and O–H groups in total. The van der Waals surface area contributed by atoms with Gasteiger partial charge in [-0.25, -0.2) is 9.78 Å². The van der Waals surface area contributed by atoms with E-state index in [1.54, 1.807) is 48.5 Å². The molecule has 6 nitrogen and oxygen atoms in total. The van der Waals surface area contributed by atoms with Crippen LogP contribution in [-0.4, -0.2) is 29.8 Å². The molecule has 1 heterocycles. The minimum Gasteiger partial charge on any atom is -0.465 e. The number of nitrogens with one attached hydrogen (secondary N) is 1. The lowest BCUT2D eigenvalue weighted by atomic mass is 10.1. The highest BCUT2D eigenvalue weighted by molar-refractivity contribution is 7.14. The first kappa shape index (κ1) is 18.5. The molecule has 2 aromatic carbocycles. The number of anilines is 1. The Bertz CT molecular complexity index is 992. The molecule has 7 heteroatoms. The smallest absolute Gasteiger partial charge is 0.337 e. The maximum atomic E-state index is 12.3. The van der Waals surface area contributed by atoms with Crippen molar-refractivity contribution in [2.75, 3.05) is 12.4 Å². The van der Waals surface area contributed by atoms with Gasteiger partial charge in [-0.05, 0) is 31.2 Å². The third-order valence-electron chi connectivity index (χ3n) is 3.88. The maximum Gasteiger partial charge on any atom is 0.337 e. The maximum absolute atomic E-state index is 12.3. The van der Waals surface area contributed by atoms with E-state index >= 15 is 0 Å². The lowest BCUT2D eigenvalue weighted by molar-refractivity contribution is 0.0600. The van der Waals surface area contributed by atoms with E-state index in [1.165, 1.54) is 25.4 Å². The highest BCUT2D eigenvalue weighted by Gasteiger charge is 2.11. The van der Waals surface area contributed by atoms with Crippen LogP contribution in [0.1, 0.15) is 38.0 Å². The number of thiazole rings is 1. The molecule has 0 spiro atoms. The number of ether oxygens (including phenoxy) is 1. The Morgan fingerprint density at radius 1 is 0.926 bits per heavy atom. The van der Waals surface area contributed by atoms with Crippen molar-refractivity contribution in [1.29, 1.82) is 0 Å². The van der Waals surface area contributed by atoms with E-state index in [2.05, 4.69) is 15.0 Å². The largest absolute Gasteiger partial charge is 0.465 e. The van der Waals surface area contributed by atoms with Crippen molar-refractivity contribution in [3.05, 3.63) is 70.6 Å². The summed E-state index contributed by atoms with van der Waals surface area (Å²) in [5.74, 6) is -0.750. The number of amides is 1. The molecule has 0 atom stereocenters. The molecule has 1 amide bonds. The number of benzene rings is 2. The van der Waals surface area contributed by atoms with Gasteiger partial charge < -0.3 is 4.74 Å². The summed E-state index contributed by atoms with van der Waals surface area (Å²) in [5, 5.41) is 5.03. The predicted molar refractivity (Wildman–Crippen MR) is 103 cm³/mol. The zero-order valence-corrected chi connectivity index (χ0v) is 15.5. The summed E-state index contributed by atoms with van der Waals surface area (Å²) in [7, 11) is 1.33. The number of rotatable bonds is 5. The van der Waals surface area contributed by atoms with Crippen molar-refractivity contribution >= 4 is 34.1 Å². The number of methoxy groups -OCH3 is 1. The average Bonchev–Trinajstić information content (AvgIpc) is 3.16. The van der Waals surface area contributed by atoms with E-state index in [9.17, 15) is 14.4 Å². The van der Waals surface area contributed by atoms with Crippen molar-refractivity contribution in [2.45, 2.75) is 6.92 Å². The van der Waals surface area contributed by atoms with E-state index in [4.69, 9.17) is 0 Å². The lowest BCUT2D eigenvalue weighted by Gasteiger charge is -2.03. The summed E-state index contributed by atoms with van der Waals surface area (Å²) >= 11 is 1.30. The third kappa shape index (κ3) is 4.27. The fourth-order valence-corrected chi connectivity index (χ4v) is 3.10. The molecule has 0 radical (unpaired) electrons. The highest BCUT2D eigenvalue weighted by Crippen LogP contribution is 2.25. The molecule has 0 saturated heterocycles. The minimum absolute atomic E-state index is 0.0512. The number of nitrogens with zero attached hydrogens (tertiary/aromatic N) is 1. The minimum atomic E-state index is -0.399. The molecule has 0 aliphatic carbocycles. The molecular weight excluding hydrogens is 364 g/mol. The van der Waals surface area contributed by atoms with Crippen molar-refractivity contribution in [3.8, 4) is 11.3 Å². The van der Waals surface area contributed by atoms with Crippen molar-refractivity contribution in [1.82, 2.24) is 4.98 Å². The second-order valence-electron chi connectivity index (χ2n) is 5.69. The van der Waals surface area contributed by atoms with Gasteiger partial charge >= 0.3 is 5.97 Å². The number of esters is 1. The van der Waals surface area contributed by atoms with Gasteiger partial charge in [0.2, 0.25) is 0 Å². The first-order valence-electron chi connectivity index (χ1n) is 8.04.